The van der Waals surface area contributed by atoms with Gasteiger partial charge < -0.3 is 0 Å². The summed E-state index contributed by atoms with van der Waals surface area (Å²) in [6.07, 6.45) is 5.09. The summed E-state index contributed by atoms with van der Waals surface area (Å²) in [5.74, 6) is 0. The van der Waals surface area contributed by atoms with Crippen LogP contribution >= 0.6 is 23.2 Å². The van der Waals surface area contributed by atoms with E-state index in [9.17, 15) is 8.42 Å². The zero-order valence-electron chi connectivity index (χ0n) is 14.1. The zero-order chi connectivity index (χ0) is 18.9. The van der Waals surface area contributed by atoms with E-state index in [2.05, 4.69) is 46.7 Å². The number of hydrogen-bond acceptors (Lipinski definition) is 2. The fourth-order valence-electron chi connectivity index (χ4n) is 3.43. The Kier molecular flexibility index (Phi) is 5.47. The van der Waals surface area contributed by atoms with Crippen molar-refractivity contribution >= 4 is 44.6 Å². The SMILES string of the molecule is Clc1ccc(C2=C(c3ccccc3)CC3(CC3)C2)cc1Cl.NS(N)(=O)=O. The van der Waals surface area contributed by atoms with Crippen molar-refractivity contribution in [2.24, 2.45) is 15.7 Å². The van der Waals surface area contributed by atoms with Gasteiger partial charge in [0.15, 0.2) is 0 Å². The Labute approximate surface area is 164 Å². The molecule has 7 heteroatoms. The number of rotatable bonds is 2. The molecule has 0 radical (unpaired) electrons. The molecule has 2 aromatic rings. The minimum atomic E-state index is -3.67. The Morgan fingerprint density at radius 2 is 1.35 bits per heavy atom. The largest absolute Gasteiger partial charge is 0.271 e. The minimum Gasteiger partial charge on any atom is -0.216 e. The predicted octanol–water partition coefficient (Wildman–Crippen LogP) is 4.63. The monoisotopic (exact) mass is 410 g/mol. The van der Waals surface area contributed by atoms with Crippen LogP contribution in [0.3, 0.4) is 0 Å². The summed E-state index contributed by atoms with van der Waals surface area (Å²) in [5, 5.41) is 9.48. The summed E-state index contributed by atoms with van der Waals surface area (Å²) >= 11 is 12.3. The summed E-state index contributed by atoms with van der Waals surface area (Å²) in [7, 11) is -3.67. The van der Waals surface area contributed by atoms with E-state index in [0.717, 1.165) is 0 Å². The standard InChI is InChI=1S/C19H16Cl2.H4N2O2S/c20-17-7-6-14(10-18(17)21)16-12-19(8-9-19)11-15(16)13-4-2-1-3-5-13;1-5(2,3)4/h1-7,10H,8-9,11-12H2;(H4,1,2,3,4). The van der Waals surface area contributed by atoms with Crippen molar-refractivity contribution in [3.8, 4) is 0 Å². The molecule has 1 spiro atoms. The fourth-order valence-corrected chi connectivity index (χ4v) is 3.73. The summed E-state index contributed by atoms with van der Waals surface area (Å²) < 4.78 is 18.4. The molecule has 0 aliphatic heterocycles. The number of nitrogens with two attached hydrogens (primary N) is 2. The lowest BCUT2D eigenvalue weighted by molar-refractivity contribution is 0.568. The third-order valence-electron chi connectivity index (χ3n) is 4.82. The Hall–Kier alpha value is -1.37. The van der Waals surface area contributed by atoms with E-state index in [1.807, 2.05) is 12.1 Å². The number of hydrogen-bond donors (Lipinski definition) is 2. The van der Waals surface area contributed by atoms with Gasteiger partial charge in [-0.25, -0.2) is 10.3 Å². The Balaban J connectivity index is 0.000000349. The van der Waals surface area contributed by atoms with Gasteiger partial charge in [-0.15, -0.1) is 0 Å². The summed E-state index contributed by atoms with van der Waals surface area (Å²) in [4.78, 5) is 0. The van der Waals surface area contributed by atoms with E-state index in [1.54, 1.807) is 0 Å². The topological polar surface area (TPSA) is 86.2 Å². The smallest absolute Gasteiger partial charge is 0.216 e. The van der Waals surface area contributed by atoms with Crippen LogP contribution in [0.1, 0.15) is 36.8 Å². The molecular weight excluding hydrogens is 391 g/mol. The molecule has 1 saturated carbocycles. The summed E-state index contributed by atoms with van der Waals surface area (Å²) in [6, 6.07) is 16.8. The molecule has 4 rings (SSSR count). The first-order valence-corrected chi connectivity index (χ1v) is 10.6. The first kappa shape index (κ1) is 19.4. The lowest BCUT2D eigenvalue weighted by atomic mass is 9.97. The highest BCUT2D eigenvalue weighted by atomic mass is 35.5. The molecular formula is C19H20Cl2N2O2S. The fraction of sp³-hybridized carbons (Fsp3) is 0.263. The van der Waals surface area contributed by atoms with Crippen LogP contribution in [-0.2, 0) is 10.2 Å². The van der Waals surface area contributed by atoms with Gasteiger partial charge in [0.25, 0.3) is 10.2 Å². The highest BCUT2D eigenvalue weighted by Crippen LogP contribution is 2.63. The number of benzene rings is 2. The Morgan fingerprint density at radius 1 is 0.808 bits per heavy atom. The van der Waals surface area contributed by atoms with E-state index in [4.69, 9.17) is 23.2 Å². The molecule has 0 bridgehead atoms. The molecule has 0 unspecified atom stereocenters. The molecule has 2 aliphatic carbocycles. The van der Waals surface area contributed by atoms with Crippen LogP contribution in [0.4, 0.5) is 0 Å². The second kappa shape index (κ2) is 7.33. The van der Waals surface area contributed by atoms with E-state index < -0.39 is 10.2 Å². The second-order valence-electron chi connectivity index (χ2n) is 6.89. The van der Waals surface area contributed by atoms with Gasteiger partial charge in [0.2, 0.25) is 0 Å². The van der Waals surface area contributed by atoms with Gasteiger partial charge in [-0.1, -0.05) is 59.6 Å². The maximum absolute atomic E-state index is 9.19. The van der Waals surface area contributed by atoms with Crippen LogP contribution in [0.2, 0.25) is 10.0 Å². The van der Waals surface area contributed by atoms with Gasteiger partial charge in [-0.2, -0.15) is 8.42 Å². The maximum atomic E-state index is 9.19. The number of halogens is 2. The zero-order valence-corrected chi connectivity index (χ0v) is 16.4. The van der Waals surface area contributed by atoms with Crippen LogP contribution < -0.4 is 10.3 Å². The molecule has 2 aromatic carbocycles. The molecule has 1 fully saturated rings. The Bertz CT molecular complexity index is 945. The molecule has 0 heterocycles. The van der Waals surface area contributed by atoms with Crippen LogP contribution in [0.25, 0.3) is 11.1 Å². The van der Waals surface area contributed by atoms with E-state index in [1.165, 1.54) is 48.0 Å². The van der Waals surface area contributed by atoms with Gasteiger partial charge in [0, 0.05) is 0 Å². The lowest BCUT2D eigenvalue weighted by Gasteiger charge is -2.09. The quantitative estimate of drug-likeness (QED) is 0.755. The van der Waals surface area contributed by atoms with Crippen LogP contribution in [0, 0.1) is 5.41 Å². The molecule has 4 nitrogen and oxygen atoms in total. The number of allylic oxidation sites excluding steroid dienone is 2. The van der Waals surface area contributed by atoms with E-state index in [-0.39, 0.29) is 0 Å². The third-order valence-corrected chi connectivity index (χ3v) is 5.55. The van der Waals surface area contributed by atoms with E-state index >= 15 is 0 Å². The van der Waals surface area contributed by atoms with Gasteiger partial charge in [0.1, 0.15) is 0 Å². The highest BCUT2D eigenvalue weighted by Gasteiger charge is 2.48. The highest BCUT2D eigenvalue weighted by molar-refractivity contribution is 7.86. The normalized spacial score (nSPS) is 17.8. The molecule has 2 aliphatic rings. The van der Waals surface area contributed by atoms with Gasteiger partial charge in [-0.3, -0.25) is 0 Å². The van der Waals surface area contributed by atoms with Crippen LogP contribution in [-0.4, -0.2) is 8.42 Å². The van der Waals surface area contributed by atoms with Crippen molar-refractivity contribution in [2.45, 2.75) is 25.7 Å². The lowest BCUT2D eigenvalue weighted by Crippen LogP contribution is -2.21. The first-order valence-electron chi connectivity index (χ1n) is 8.20. The van der Waals surface area contributed by atoms with Crippen molar-refractivity contribution in [3.63, 3.8) is 0 Å². The van der Waals surface area contributed by atoms with Crippen molar-refractivity contribution in [1.82, 2.24) is 0 Å². The van der Waals surface area contributed by atoms with Crippen LogP contribution in [0.5, 0.6) is 0 Å². The average Bonchev–Trinajstić information content (AvgIpc) is 3.20. The molecule has 0 saturated heterocycles. The molecule has 26 heavy (non-hydrogen) atoms. The molecule has 138 valence electrons. The summed E-state index contributed by atoms with van der Waals surface area (Å²) in [5.41, 5.74) is 6.06. The van der Waals surface area contributed by atoms with Gasteiger partial charge in [-0.05, 0) is 65.5 Å². The second-order valence-corrected chi connectivity index (χ2v) is 8.89. The van der Waals surface area contributed by atoms with Crippen molar-refractivity contribution in [3.05, 3.63) is 69.7 Å². The van der Waals surface area contributed by atoms with Gasteiger partial charge in [0.05, 0.1) is 10.0 Å². The average molecular weight is 411 g/mol. The molecule has 0 atom stereocenters. The summed E-state index contributed by atoms with van der Waals surface area (Å²) in [6.45, 7) is 0. The molecule has 4 N–H and O–H groups in total. The van der Waals surface area contributed by atoms with E-state index in [0.29, 0.717) is 15.5 Å². The Morgan fingerprint density at radius 3 is 1.85 bits per heavy atom. The van der Waals surface area contributed by atoms with Crippen molar-refractivity contribution in [2.75, 3.05) is 0 Å². The van der Waals surface area contributed by atoms with Crippen molar-refractivity contribution in [1.29, 1.82) is 0 Å². The van der Waals surface area contributed by atoms with Crippen molar-refractivity contribution < 1.29 is 8.42 Å². The maximum Gasteiger partial charge on any atom is 0.271 e. The van der Waals surface area contributed by atoms with Gasteiger partial charge >= 0.3 is 0 Å². The first-order chi connectivity index (χ1) is 12.2. The predicted molar refractivity (Wildman–Crippen MR) is 108 cm³/mol. The van der Waals surface area contributed by atoms with Crippen LogP contribution in [0.15, 0.2) is 48.5 Å². The minimum absolute atomic E-state index is 0.534. The third kappa shape index (κ3) is 4.87. The molecule has 0 amide bonds. The molecule has 0 aromatic heterocycles.